The van der Waals surface area contributed by atoms with Gasteiger partial charge in [0, 0.05) is 41.6 Å². The Kier molecular flexibility index (Phi) is 6.57. The van der Waals surface area contributed by atoms with E-state index in [4.69, 9.17) is 17.7 Å². The number of piperidine rings is 1. The van der Waals surface area contributed by atoms with Gasteiger partial charge >= 0.3 is 5.97 Å². The number of halogens is 1. The molecule has 2 aromatic rings. The standard InChI is InChI=1S/C23H26FN3O3S/c24-19-4-2-1-3-18(19)22(23(30)16-5-6-16)26-9-7-20(31)17(14-26)11-15-12-25-27(13-15)10-8-21(28)29/h1-4,11-13,16,20,22,31H,5-10,14H2,(H,28,29)/b17-11+. The van der Waals surface area contributed by atoms with Gasteiger partial charge in [0.2, 0.25) is 0 Å². The largest absolute Gasteiger partial charge is 0.481 e. The van der Waals surface area contributed by atoms with Gasteiger partial charge in [0.15, 0.2) is 5.78 Å². The van der Waals surface area contributed by atoms with Crippen LogP contribution < -0.4 is 0 Å². The lowest BCUT2D eigenvalue weighted by molar-refractivity contribution is -0.137. The van der Waals surface area contributed by atoms with Crippen LogP contribution in [0.3, 0.4) is 0 Å². The summed E-state index contributed by atoms with van der Waals surface area (Å²) in [5, 5.41) is 13.1. The van der Waals surface area contributed by atoms with Gasteiger partial charge < -0.3 is 5.11 Å². The summed E-state index contributed by atoms with van der Waals surface area (Å²) in [6.45, 7) is 1.49. The smallest absolute Gasteiger partial charge is 0.305 e. The normalized spacial score (nSPS) is 21.9. The maximum atomic E-state index is 14.6. The Bertz CT molecular complexity index is 1000. The summed E-state index contributed by atoms with van der Waals surface area (Å²) >= 11 is 4.72. The number of Topliss-reactive ketones (excluding diaryl/α,β-unsaturated/α-hetero) is 1. The fraction of sp³-hybridized carbons (Fsp3) is 0.435. The third-order valence-electron chi connectivity index (χ3n) is 5.88. The number of rotatable bonds is 8. The molecule has 0 spiro atoms. The second-order valence-electron chi connectivity index (χ2n) is 8.28. The Morgan fingerprint density at radius 1 is 1.29 bits per heavy atom. The van der Waals surface area contributed by atoms with E-state index < -0.39 is 12.0 Å². The predicted octanol–water partition coefficient (Wildman–Crippen LogP) is 3.60. The Balaban J connectivity index is 1.56. The number of carbonyl (C=O) groups excluding carboxylic acids is 1. The molecule has 1 saturated carbocycles. The lowest BCUT2D eigenvalue weighted by atomic mass is 9.93. The van der Waals surface area contributed by atoms with Crippen LogP contribution in [0.25, 0.3) is 6.08 Å². The van der Waals surface area contributed by atoms with Gasteiger partial charge in [0.05, 0.1) is 25.2 Å². The third-order valence-corrected chi connectivity index (χ3v) is 6.47. The second-order valence-corrected chi connectivity index (χ2v) is 8.90. The van der Waals surface area contributed by atoms with Crippen molar-refractivity contribution >= 4 is 30.5 Å². The van der Waals surface area contributed by atoms with Crippen molar-refractivity contribution < 1.29 is 19.1 Å². The number of hydrogen-bond acceptors (Lipinski definition) is 5. The molecular weight excluding hydrogens is 417 g/mol. The van der Waals surface area contributed by atoms with E-state index in [0.717, 1.165) is 30.4 Å². The molecule has 1 aliphatic carbocycles. The van der Waals surface area contributed by atoms with Gasteiger partial charge in [-0.15, -0.1) is 0 Å². The lowest BCUT2D eigenvalue weighted by Gasteiger charge is -2.37. The molecule has 2 heterocycles. The minimum absolute atomic E-state index is 0.00819. The van der Waals surface area contributed by atoms with Crippen LogP contribution in [0, 0.1) is 11.7 Å². The molecule has 2 unspecified atom stereocenters. The van der Waals surface area contributed by atoms with Gasteiger partial charge in [0.1, 0.15) is 5.82 Å². The zero-order valence-corrected chi connectivity index (χ0v) is 18.0. The topological polar surface area (TPSA) is 75.4 Å². The van der Waals surface area contributed by atoms with E-state index in [-0.39, 0.29) is 29.2 Å². The van der Waals surface area contributed by atoms with Crippen LogP contribution in [0.2, 0.25) is 0 Å². The van der Waals surface area contributed by atoms with Crippen LogP contribution in [0.5, 0.6) is 0 Å². The Hall–Kier alpha value is -2.45. The number of hydrogen-bond donors (Lipinski definition) is 2. The molecule has 2 aliphatic rings. The third kappa shape index (κ3) is 5.25. The van der Waals surface area contributed by atoms with E-state index in [2.05, 4.69) is 10.00 Å². The molecule has 1 aromatic heterocycles. The SMILES string of the molecule is O=C(O)CCn1cc(/C=C2\CN(C(C(=O)C3CC3)c3ccccc3F)CCC2S)cn1. The number of aryl methyl sites for hydroxylation is 1. The molecule has 1 aliphatic heterocycles. The molecule has 2 fully saturated rings. The molecule has 31 heavy (non-hydrogen) atoms. The van der Waals surface area contributed by atoms with Crippen molar-refractivity contribution in [2.75, 3.05) is 13.1 Å². The zero-order chi connectivity index (χ0) is 22.0. The van der Waals surface area contributed by atoms with Gasteiger partial charge in [-0.1, -0.05) is 24.3 Å². The Labute approximate surface area is 186 Å². The molecule has 164 valence electrons. The van der Waals surface area contributed by atoms with E-state index in [1.54, 1.807) is 35.3 Å². The molecular formula is C23H26FN3O3S. The first-order valence-corrected chi connectivity index (χ1v) is 11.1. The first-order chi connectivity index (χ1) is 14.9. The van der Waals surface area contributed by atoms with Crippen molar-refractivity contribution in [2.45, 2.75) is 43.5 Å². The van der Waals surface area contributed by atoms with E-state index in [0.29, 0.717) is 25.2 Å². The molecule has 1 aromatic carbocycles. The van der Waals surface area contributed by atoms with Crippen LogP contribution in [0.4, 0.5) is 4.39 Å². The summed E-state index contributed by atoms with van der Waals surface area (Å²) in [7, 11) is 0. The minimum Gasteiger partial charge on any atom is -0.481 e. The average molecular weight is 444 g/mol. The number of thiol groups is 1. The Morgan fingerprint density at radius 2 is 2.06 bits per heavy atom. The summed E-state index contributed by atoms with van der Waals surface area (Å²) in [6.07, 6.45) is 8.01. The molecule has 4 rings (SSSR count). The lowest BCUT2D eigenvalue weighted by Crippen LogP contribution is -2.42. The number of aromatic nitrogens is 2. The molecule has 6 nitrogen and oxygen atoms in total. The number of carboxylic acid groups (broad SMARTS) is 1. The van der Waals surface area contributed by atoms with Crippen molar-refractivity contribution in [2.24, 2.45) is 5.92 Å². The van der Waals surface area contributed by atoms with Gasteiger partial charge in [-0.2, -0.15) is 17.7 Å². The van der Waals surface area contributed by atoms with E-state index in [1.165, 1.54) is 6.07 Å². The molecule has 8 heteroatoms. The first-order valence-electron chi connectivity index (χ1n) is 10.6. The van der Waals surface area contributed by atoms with Gasteiger partial charge in [-0.05, 0) is 30.9 Å². The van der Waals surface area contributed by atoms with Crippen LogP contribution in [-0.4, -0.2) is 49.9 Å². The number of nitrogens with zero attached hydrogens (tertiary/aromatic N) is 3. The van der Waals surface area contributed by atoms with Crippen molar-refractivity contribution in [3.63, 3.8) is 0 Å². The highest BCUT2D eigenvalue weighted by Gasteiger charge is 2.40. The van der Waals surface area contributed by atoms with E-state index in [1.807, 2.05) is 6.08 Å². The van der Waals surface area contributed by atoms with Gasteiger partial charge in [-0.3, -0.25) is 19.2 Å². The number of aliphatic carboxylic acids is 1. The van der Waals surface area contributed by atoms with E-state index in [9.17, 15) is 14.0 Å². The second kappa shape index (κ2) is 9.36. The molecule has 1 N–H and O–H groups in total. The minimum atomic E-state index is -0.867. The van der Waals surface area contributed by atoms with Crippen LogP contribution >= 0.6 is 12.6 Å². The highest BCUT2D eigenvalue weighted by molar-refractivity contribution is 7.81. The fourth-order valence-corrected chi connectivity index (χ4v) is 4.34. The predicted molar refractivity (Wildman–Crippen MR) is 118 cm³/mol. The van der Waals surface area contributed by atoms with Crippen molar-refractivity contribution in [3.05, 3.63) is 59.2 Å². The molecule has 1 saturated heterocycles. The monoisotopic (exact) mass is 443 g/mol. The highest BCUT2D eigenvalue weighted by Crippen LogP contribution is 2.39. The number of ketones is 1. The van der Waals surface area contributed by atoms with Gasteiger partial charge in [0.25, 0.3) is 0 Å². The zero-order valence-electron chi connectivity index (χ0n) is 17.2. The number of carbonyl (C=O) groups is 2. The summed E-state index contributed by atoms with van der Waals surface area (Å²) in [4.78, 5) is 26.0. The van der Waals surface area contributed by atoms with E-state index >= 15 is 0 Å². The summed E-state index contributed by atoms with van der Waals surface area (Å²) in [5.41, 5.74) is 2.34. The van der Waals surface area contributed by atoms with Crippen molar-refractivity contribution in [3.8, 4) is 0 Å². The highest BCUT2D eigenvalue weighted by atomic mass is 32.1. The molecule has 0 radical (unpaired) electrons. The van der Waals surface area contributed by atoms with Crippen LogP contribution in [0.1, 0.15) is 42.9 Å². The molecule has 2 atom stereocenters. The fourth-order valence-electron chi connectivity index (χ4n) is 4.07. The maximum absolute atomic E-state index is 14.6. The summed E-state index contributed by atoms with van der Waals surface area (Å²) < 4.78 is 16.2. The number of benzene rings is 1. The van der Waals surface area contributed by atoms with Crippen molar-refractivity contribution in [1.29, 1.82) is 0 Å². The van der Waals surface area contributed by atoms with Crippen LogP contribution in [0.15, 0.2) is 42.2 Å². The molecule has 0 bridgehead atoms. The number of likely N-dealkylation sites (tertiary alicyclic amines) is 1. The summed E-state index contributed by atoms with van der Waals surface area (Å²) in [5.74, 6) is -1.09. The van der Waals surface area contributed by atoms with Crippen molar-refractivity contribution in [1.82, 2.24) is 14.7 Å². The quantitative estimate of drug-likeness (QED) is 0.610. The number of carboxylic acids is 1. The summed E-state index contributed by atoms with van der Waals surface area (Å²) in [6, 6.07) is 5.96. The van der Waals surface area contributed by atoms with Crippen LogP contribution in [-0.2, 0) is 16.1 Å². The Morgan fingerprint density at radius 3 is 2.77 bits per heavy atom. The maximum Gasteiger partial charge on any atom is 0.305 e. The first kappa shape index (κ1) is 21.8. The molecule has 0 amide bonds. The van der Waals surface area contributed by atoms with Gasteiger partial charge in [-0.25, -0.2) is 4.39 Å². The average Bonchev–Trinajstić information content (AvgIpc) is 3.50.